The van der Waals surface area contributed by atoms with Gasteiger partial charge in [0.25, 0.3) is 0 Å². The summed E-state index contributed by atoms with van der Waals surface area (Å²) < 4.78 is 29.4. The van der Waals surface area contributed by atoms with Gasteiger partial charge in [-0.3, -0.25) is 0 Å². The van der Waals surface area contributed by atoms with Crippen LogP contribution in [0.3, 0.4) is 0 Å². The SMILES string of the molecule is Cc1cc(C)cc(OS(=O)(=O)CCCN2CCN(C)CC2)c1. The van der Waals surface area contributed by atoms with Gasteiger partial charge in [0, 0.05) is 26.2 Å². The Morgan fingerprint density at radius 2 is 1.64 bits per heavy atom. The zero-order valence-corrected chi connectivity index (χ0v) is 14.5. The molecule has 0 aromatic heterocycles. The van der Waals surface area contributed by atoms with E-state index in [4.69, 9.17) is 4.18 Å². The summed E-state index contributed by atoms with van der Waals surface area (Å²) in [5.41, 5.74) is 2.00. The van der Waals surface area contributed by atoms with Gasteiger partial charge in [0.05, 0.1) is 5.75 Å². The summed E-state index contributed by atoms with van der Waals surface area (Å²) in [4.78, 5) is 4.60. The molecule has 0 radical (unpaired) electrons. The predicted octanol–water partition coefficient (Wildman–Crippen LogP) is 1.65. The van der Waals surface area contributed by atoms with Crippen molar-refractivity contribution >= 4 is 10.1 Å². The molecule has 1 aliphatic rings. The van der Waals surface area contributed by atoms with Gasteiger partial charge in [-0.05, 0) is 57.1 Å². The van der Waals surface area contributed by atoms with Gasteiger partial charge in [-0.25, -0.2) is 0 Å². The van der Waals surface area contributed by atoms with Gasteiger partial charge in [-0.1, -0.05) is 6.07 Å². The second-order valence-corrected chi connectivity index (χ2v) is 7.86. The first-order chi connectivity index (χ1) is 10.3. The van der Waals surface area contributed by atoms with E-state index in [0.717, 1.165) is 43.9 Å². The van der Waals surface area contributed by atoms with Crippen LogP contribution >= 0.6 is 0 Å². The molecule has 124 valence electrons. The molecule has 0 amide bonds. The first-order valence-electron chi connectivity index (χ1n) is 7.75. The summed E-state index contributed by atoms with van der Waals surface area (Å²) in [5, 5.41) is 0. The van der Waals surface area contributed by atoms with E-state index in [-0.39, 0.29) is 5.75 Å². The van der Waals surface area contributed by atoms with Crippen molar-refractivity contribution in [1.82, 2.24) is 9.80 Å². The number of likely N-dealkylation sites (N-methyl/N-ethyl adjacent to an activating group) is 1. The van der Waals surface area contributed by atoms with Gasteiger partial charge in [0.15, 0.2) is 0 Å². The first kappa shape index (κ1) is 17.2. The Kier molecular flexibility index (Phi) is 5.83. The van der Waals surface area contributed by atoms with E-state index >= 15 is 0 Å². The average molecular weight is 326 g/mol. The normalized spacial score (nSPS) is 17.6. The van der Waals surface area contributed by atoms with Crippen molar-refractivity contribution in [3.63, 3.8) is 0 Å². The number of aryl methyl sites for hydroxylation is 2. The number of hydrogen-bond donors (Lipinski definition) is 0. The summed E-state index contributed by atoms with van der Waals surface area (Å²) in [6.45, 7) is 8.78. The van der Waals surface area contributed by atoms with E-state index in [1.165, 1.54) is 0 Å². The van der Waals surface area contributed by atoms with Crippen molar-refractivity contribution in [3.8, 4) is 5.75 Å². The van der Waals surface area contributed by atoms with Gasteiger partial charge in [0.2, 0.25) is 0 Å². The fourth-order valence-electron chi connectivity index (χ4n) is 2.71. The van der Waals surface area contributed by atoms with E-state index < -0.39 is 10.1 Å². The molecule has 1 aromatic rings. The zero-order chi connectivity index (χ0) is 16.2. The lowest BCUT2D eigenvalue weighted by Crippen LogP contribution is -2.44. The van der Waals surface area contributed by atoms with E-state index in [1.807, 2.05) is 19.9 Å². The van der Waals surface area contributed by atoms with Crippen LogP contribution < -0.4 is 4.18 Å². The average Bonchev–Trinajstić information content (AvgIpc) is 2.39. The third-order valence-corrected chi connectivity index (χ3v) is 5.12. The number of benzene rings is 1. The van der Waals surface area contributed by atoms with Crippen LogP contribution in [0.25, 0.3) is 0 Å². The summed E-state index contributed by atoms with van der Waals surface area (Å²) in [6.07, 6.45) is 0.608. The fraction of sp³-hybridized carbons (Fsp3) is 0.625. The van der Waals surface area contributed by atoms with Crippen molar-refractivity contribution in [3.05, 3.63) is 29.3 Å². The molecule has 1 saturated heterocycles. The Balaban J connectivity index is 1.81. The number of rotatable bonds is 6. The van der Waals surface area contributed by atoms with Crippen molar-refractivity contribution in [2.45, 2.75) is 20.3 Å². The van der Waals surface area contributed by atoms with Crippen LogP contribution in [0.5, 0.6) is 5.75 Å². The minimum atomic E-state index is -3.52. The molecule has 1 aliphatic heterocycles. The van der Waals surface area contributed by atoms with E-state index in [0.29, 0.717) is 12.2 Å². The maximum Gasteiger partial charge on any atom is 0.309 e. The molecule has 0 atom stereocenters. The van der Waals surface area contributed by atoms with Crippen LogP contribution in [0, 0.1) is 13.8 Å². The summed E-state index contributed by atoms with van der Waals surface area (Å²) in [7, 11) is -1.41. The van der Waals surface area contributed by atoms with Crippen LogP contribution in [0.4, 0.5) is 0 Å². The first-order valence-corrected chi connectivity index (χ1v) is 9.33. The largest absolute Gasteiger partial charge is 0.382 e. The van der Waals surface area contributed by atoms with Crippen molar-refractivity contribution in [1.29, 1.82) is 0 Å². The van der Waals surface area contributed by atoms with E-state index in [1.54, 1.807) is 12.1 Å². The molecule has 0 spiro atoms. The fourth-order valence-corrected chi connectivity index (χ4v) is 3.66. The van der Waals surface area contributed by atoms with Crippen LogP contribution in [-0.4, -0.2) is 63.7 Å². The zero-order valence-electron chi connectivity index (χ0n) is 13.7. The Morgan fingerprint density at radius 1 is 1.05 bits per heavy atom. The highest BCUT2D eigenvalue weighted by molar-refractivity contribution is 7.87. The molecule has 5 nitrogen and oxygen atoms in total. The lowest BCUT2D eigenvalue weighted by Gasteiger charge is -2.32. The summed E-state index contributed by atoms with van der Waals surface area (Å²) in [6, 6.07) is 5.50. The molecule has 2 rings (SSSR count). The van der Waals surface area contributed by atoms with Crippen LogP contribution in [0.15, 0.2) is 18.2 Å². The molecule has 0 unspecified atom stereocenters. The molecule has 0 aliphatic carbocycles. The lowest BCUT2D eigenvalue weighted by atomic mass is 10.1. The van der Waals surface area contributed by atoms with Crippen molar-refractivity contribution in [2.24, 2.45) is 0 Å². The molecule has 22 heavy (non-hydrogen) atoms. The van der Waals surface area contributed by atoms with Gasteiger partial charge in [-0.15, -0.1) is 0 Å². The Labute approximate surface area is 134 Å². The van der Waals surface area contributed by atoms with Crippen LogP contribution in [-0.2, 0) is 10.1 Å². The number of hydrogen-bond acceptors (Lipinski definition) is 5. The van der Waals surface area contributed by atoms with Gasteiger partial charge >= 0.3 is 10.1 Å². The lowest BCUT2D eigenvalue weighted by molar-refractivity contribution is 0.154. The molecule has 0 N–H and O–H groups in total. The highest BCUT2D eigenvalue weighted by Gasteiger charge is 2.17. The van der Waals surface area contributed by atoms with Gasteiger partial charge in [0.1, 0.15) is 5.75 Å². The second-order valence-electron chi connectivity index (χ2n) is 6.17. The molecule has 0 bridgehead atoms. The van der Waals surface area contributed by atoms with Crippen LogP contribution in [0.1, 0.15) is 17.5 Å². The van der Waals surface area contributed by atoms with Crippen molar-refractivity contribution < 1.29 is 12.6 Å². The van der Waals surface area contributed by atoms with Crippen LogP contribution in [0.2, 0.25) is 0 Å². The monoisotopic (exact) mass is 326 g/mol. The Bertz CT molecular complexity index is 573. The third kappa shape index (κ3) is 5.59. The topological polar surface area (TPSA) is 49.9 Å². The molecule has 0 saturated carbocycles. The van der Waals surface area contributed by atoms with Crippen molar-refractivity contribution in [2.75, 3.05) is 45.5 Å². The minimum absolute atomic E-state index is 0.0618. The number of nitrogens with zero attached hydrogens (tertiary/aromatic N) is 2. The Morgan fingerprint density at radius 3 is 2.23 bits per heavy atom. The van der Waals surface area contributed by atoms with E-state index in [9.17, 15) is 8.42 Å². The maximum absolute atomic E-state index is 12.1. The predicted molar refractivity (Wildman–Crippen MR) is 88.9 cm³/mol. The summed E-state index contributed by atoms with van der Waals surface area (Å²) in [5.74, 6) is 0.476. The molecule has 6 heteroatoms. The Hall–Kier alpha value is -1.11. The van der Waals surface area contributed by atoms with Gasteiger partial charge in [-0.2, -0.15) is 8.42 Å². The smallest absolute Gasteiger partial charge is 0.309 e. The molecular formula is C16H26N2O3S. The highest BCUT2D eigenvalue weighted by Crippen LogP contribution is 2.18. The minimum Gasteiger partial charge on any atom is -0.382 e. The molecule has 1 heterocycles. The number of piperazine rings is 1. The summed E-state index contributed by atoms with van der Waals surface area (Å²) >= 11 is 0. The quantitative estimate of drug-likeness (QED) is 0.744. The maximum atomic E-state index is 12.1. The highest BCUT2D eigenvalue weighted by atomic mass is 32.2. The molecule has 1 fully saturated rings. The molecule has 1 aromatic carbocycles. The second kappa shape index (κ2) is 7.44. The molecular weight excluding hydrogens is 300 g/mol. The third-order valence-electron chi connectivity index (χ3n) is 3.88. The standard InChI is InChI=1S/C16H26N2O3S/c1-14-11-15(2)13-16(12-14)21-22(19,20)10-4-5-18-8-6-17(3)7-9-18/h11-13H,4-10H2,1-3H3. The van der Waals surface area contributed by atoms with E-state index in [2.05, 4.69) is 16.8 Å². The van der Waals surface area contributed by atoms with Gasteiger partial charge < -0.3 is 14.0 Å².